The topological polar surface area (TPSA) is 41.9 Å². The molecule has 2 aliphatic rings. The summed E-state index contributed by atoms with van der Waals surface area (Å²) in [6.45, 7) is 8.43. The summed E-state index contributed by atoms with van der Waals surface area (Å²) in [4.78, 5) is 13.1. The Labute approximate surface area is 238 Å². The third-order valence-electron chi connectivity index (χ3n) is 7.29. The molecular weight excluding hydrogens is 521 g/mol. The fourth-order valence-corrected chi connectivity index (χ4v) is 8.89. The maximum Gasteiger partial charge on any atom is 0.365 e. The van der Waals surface area contributed by atoms with E-state index in [1.165, 1.54) is 45.1 Å². The minimum Gasteiger partial charge on any atom is -0.461 e. The molecule has 0 aliphatic carbocycles. The van der Waals surface area contributed by atoms with Crippen LogP contribution in [0.2, 0.25) is 0 Å². The van der Waals surface area contributed by atoms with E-state index in [0.717, 1.165) is 11.3 Å². The third-order valence-corrected chi connectivity index (χ3v) is 10.6. The Morgan fingerprint density at radius 3 is 1.82 bits per heavy atom. The number of ether oxygens (including phenoxy) is 1. The van der Waals surface area contributed by atoms with E-state index in [1.54, 1.807) is 0 Å². The van der Waals surface area contributed by atoms with Gasteiger partial charge in [-0.05, 0) is 56.5 Å². The molecule has 6 heteroatoms. The molecule has 0 unspecified atom stereocenters. The van der Waals surface area contributed by atoms with Crippen molar-refractivity contribution in [2.75, 3.05) is 11.6 Å². The molecule has 0 fully saturated rings. The number of carbonyl (C=O) groups is 1. The van der Waals surface area contributed by atoms with Crippen molar-refractivity contribution < 1.29 is 9.53 Å². The first kappa shape index (κ1) is 25.8. The van der Waals surface area contributed by atoms with E-state index in [9.17, 15) is 4.79 Å². The van der Waals surface area contributed by atoms with Crippen molar-refractivity contribution in [3.63, 3.8) is 0 Å². The van der Waals surface area contributed by atoms with Crippen LogP contribution in [0, 0.1) is 20.8 Å². The zero-order chi connectivity index (χ0) is 27.2. The largest absolute Gasteiger partial charge is 0.461 e. The second-order valence-corrected chi connectivity index (χ2v) is 12.9. The highest BCUT2D eigenvalue weighted by Crippen LogP contribution is 2.70. The average molecular weight is 551 g/mol. The highest BCUT2D eigenvalue weighted by atomic mass is 32.2. The van der Waals surface area contributed by atoms with E-state index >= 15 is 0 Å². The van der Waals surface area contributed by atoms with Crippen molar-refractivity contribution in [3.05, 3.63) is 136 Å². The molecule has 1 atom stereocenters. The van der Waals surface area contributed by atoms with Gasteiger partial charge < -0.3 is 4.74 Å². The van der Waals surface area contributed by atoms with Crippen molar-refractivity contribution >= 4 is 40.2 Å². The molecule has 0 aromatic heterocycles. The average Bonchev–Trinajstić information content (AvgIpc) is 3.47. The van der Waals surface area contributed by atoms with Gasteiger partial charge in [-0.3, -0.25) is 0 Å². The van der Waals surface area contributed by atoms with Gasteiger partial charge in [-0.25, -0.2) is 9.80 Å². The van der Waals surface area contributed by atoms with Crippen LogP contribution in [0.4, 0.5) is 5.69 Å². The minimum absolute atomic E-state index is 0.302. The Hall–Kier alpha value is -3.48. The van der Waals surface area contributed by atoms with E-state index in [2.05, 4.69) is 118 Å². The Bertz CT molecular complexity index is 1520. The van der Waals surface area contributed by atoms with Crippen molar-refractivity contribution in [1.82, 2.24) is 0 Å². The quantitative estimate of drug-likeness (QED) is 0.236. The summed E-state index contributed by atoms with van der Waals surface area (Å²) in [7, 11) is 0. The number of aryl methyl sites for hydroxylation is 3. The molecule has 196 valence electrons. The third kappa shape index (κ3) is 4.17. The van der Waals surface area contributed by atoms with Gasteiger partial charge in [0, 0.05) is 5.56 Å². The van der Waals surface area contributed by atoms with Crippen LogP contribution in [0.25, 0.3) is 0 Å². The van der Waals surface area contributed by atoms with Gasteiger partial charge in [-0.2, -0.15) is 5.10 Å². The minimum atomic E-state index is -0.719. The summed E-state index contributed by atoms with van der Waals surface area (Å²) in [6.07, 6.45) is 0. The van der Waals surface area contributed by atoms with Crippen molar-refractivity contribution in [2.24, 2.45) is 5.10 Å². The van der Waals surface area contributed by atoms with Crippen molar-refractivity contribution in [1.29, 1.82) is 0 Å². The molecule has 0 saturated heterocycles. The smallest absolute Gasteiger partial charge is 0.365 e. The van der Waals surface area contributed by atoms with E-state index in [4.69, 9.17) is 9.84 Å². The predicted octanol–water partition coefficient (Wildman–Crippen LogP) is 7.89. The van der Waals surface area contributed by atoms with Crippen LogP contribution >= 0.6 is 23.5 Å². The molecular formula is C33H30N2O2S2. The van der Waals surface area contributed by atoms with Crippen LogP contribution in [0.3, 0.4) is 0 Å². The van der Waals surface area contributed by atoms with E-state index < -0.39 is 14.9 Å². The van der Waals surface area contributed by atoms with Crippen molar-refractivity contribution in [2.45, 2.75) is 36.6 Å². The van der Waals surface area contributed by atoms with Gasteiger partial charge >= 0.3 is 5.97 Å². The second-order valence-electron chi connectivity index (χ2n) is 10.0. The summed E-state index contributed by atoms with van der Waals surface area (Å²) in [6, 6.07) is 34.6. The summed E-state index contributed by atoms with van der Waals surface area (Å²) in [5, 5.41) is 7.33. The van der Waals surface area contributed by atoms with Gasteiger partial charge in [-0.1, -0.05) is 125 Å². The lowest BCUT2D eigenvalue weighted by Gasteiger charge is -2.37. The standard InChI is InChI=1S/C33H30N2O2S2/c1-5-37-31(36)30-34-35(27-20-14-24(4)15-21-27)33(38-30)29-9-7-6-8-28(29)32(39-33,25-16-10-22(2)11-17-25)26-18-12-23(3)13-19-26/h6-21H,5H2,1-4H3/t33-/m1/s1. The molecule has 4 aromatic carbocycles. The SMILES string of the molecule is CCOC(=O)C1=NN(c2ccc(C)cc2)[C@]2(S1)SC(c1ccc(C)cc1)(c1ccc(C)cc1)c1ccccc12. The first-order valence-corrected chi connectivity index (χ1v) is 14.8. The molecule has 4 aromatic rings. The van der Waals surface area contributed by atoms with E-state index in [0.29, 0.717) is 11.7 Å². The molecule has 0 radical (unpaired) electrons. The molecule has 39 heavy (non-hydrogen) atoms. The summed E-state index contributed by atoms with van der Waals surface area (Å²) in [5.74, 6) is -0.391. The van der Waals surface area contributed by atoms with Crippen LogP contribution in [0.5, 0.6) is 0 Å². The lowest BCUT2D eigenvalue weighted by molar-refractivity contribution is -0.134. The number of nitrogens with zero attached hydrogens (tertiary/aromatic N) is 2. The lowest BCUT2D eigenvalue weighted by Crippen LogP contribution is -2.34. The molecule has 6 rings (SSSR count). The van der Waals surface area contributed by atoms with Gasteiger partial charge in [-0.15, -0.1) is 0 Å². The fourth-order valence-electron chi connectivity index (χ4n) is 5.33. The summed E-state index contributed by atoms with van der Waals surface area (Å²) >= 11 is 3.31. The van der Waals surface area contributed by atoms with Crippen LogP contribution in [-0.4, -0.2) is 17.6 Å². The fraction of sp³-hybridized carbons (Fsp3) is 0.212. The Kier molecular flexibility index (Phi) is 6.56. The summed E-state index contributed by atoms with van der Waals surface area (Å²) < 4.78 is 4.20. The van der Waals surface area contributed by atoms with Crippen LogP contribution < -0.4 is 5.01 Å². The number of fused-ring (bicyclic) bond motifs is 2. The Balaban J connectivity index is 1.62. The molecule has 0 amide bonds. The second kappa shape index (κ2) is 9.92. The zero-order valence-corrected chi connectivity index (χ0v) is 24.1. The maximum absolute atomic E-state index is 13.1. The number of anilines is 1. The number of hydrogen-bond donors (Lipinski definition) is 0. The van der Waals surface area contributed by atoms with Crippen LogP contribution in [-0.2, 0) is 18.5 Å². The lowest BCUT2D eigenvalue weighted by atomic mass is 9.81. The molecule has 1 spiro atoms. The predicted molar refractivity (Wildman–Crippen MR) is 163 cm³/mol. The number of rotatable bonds is 5. The highest BCUT2D eigenvalue weighted by Gasteiger charge is 2.61. The molecule has 2 aliphatic heterocycles. The molecule has 0 bridgehead atoms. The Morgan fingerprint density at radius 2 is 1.28 bits per heavy atom. The monoisotopic (exact) mass is 550 g/mol. The van der Waals surface area contributed by atoms with E-state index in [1.807, 2.05) is 23.7 Å². The van der Waals surface area contributed by atoms with Crippen LogP contribution in [0.15, 0.2) is 102 Å². The van der Waals surface area contributed by atoms with Gasteiger partial charge in [0.1, 0.15) is 0 Å². The molecule has 0 saturated carbocycles. The molecule has 0 N–H and O–H groups in total. The molecule has 2 heterocycles. The van der Waals surface area contributed by atoms with E-state index in [-0.39, 0.29) is 0 Å². The summed E-state index contributed by atoms with van der Waals surface area (Å²) in [5.41, 5.74) is 9.25. The van der Waals surface area contributed by atoms with Gasteiger partial charge in [0.25, 0.3) is 0 Å². The first-order chi connectivity index (χ1) is 18.9. The number of hydrogen-bond acceptors (Lipinski definition) is 6. The highest BCUT2D eigenvalue weighted by molar-refractivity contribution is 8.27. The van der Waals surface area contributed by atoms with Gasteiger partial charge in [0.2, 0.25) is 5.04 Å². The first-order valence-electron chi connectivity index (χ1n) is 13.1. The maximum atomic E-state index is 13.1. The number of hydrazone groups is 1. The number of benzene rings is 4. The zero-order valence-electron chi connectivity index (χ0n) is 22.5. The number of thioether (sulfide) groups is 2. The van der Waals surface area contributed by atoms with Gasteiger partial charge in [0.15, 0.2) is 4.20 Å². The number of carbonyl (C=O) groups excluding carboxylic acids is 1. The molecule has 4 nitrogen and oxygen atoms in total. The Morgan fingerprint density at radius 1 is 0.769 bits per heavy atom. The van der Waals surface area contributed by atoms with Crippen molar-refractivity contribution in [3.8, 4) is 0 Å². The number of esters is 1. The van der Waals surface area contributed by atoms with Crippen LogP contribution in [0.1, 0.15) is 45.9 Å². The normalized spacial score (nSPS) is 19.2. The van der Waals surface area contributed by atoms with Gasteiger partial charge in [0.05, 0.1) is 17.0 Å².